The normalized spacial score (nSPS) is 23.9. The van der Waals surface area contributed by atoms with Crippen molar-refractivity contribution in [1.29, 1.82) is 0 Å². The summed E-state index contributed by atoms with van der Waals surface area (Å²) in [7, 11) is -3.37. The van der Waals surface area contributed by atoms with Crippen LogP contribution in [-0.4, -0.2) is 132 Å². The molecule has 4 saturated heterocycles. The summed E-state index contributed by atoms with van der Waals surface area (Å²) >= 11 is 3.40. The zero-order chi connectivity index (χ0) is 51.7. The molecule has 0 spiro atoms. The van der Waals surface area contributed by atoms with Crippen molar-refractivity contribution in [3.63, 3.8) is 0 Å². The van der Waals surface area contributed by atoms with E-state index < -0.39 is 51.4 Å². The largest absolute Gasteiger partial charge is 0.391 e. The lowest BCUT2D eigenvalue weighted by molar-refractivity contribution is -0.144. The van der Waals surface area contributed by atoms with Gasteiger partial charge >= 0.3 is 0 Å². The van der Waals surface area contributed by atoms with Crippen molar-refractivity contribution in [3.05, 3.63) is 95.1 Å². The first kappa shape index (κ1) is 54.7. The third-order valence-electron chi connectivity index (χ3n) is 13.5. The fourth-order valence-corrected chi connectivity index (χ4v) is 12.7. The Labute approximate surface area is 431 Å². The van der Waals surface area contributed by atoms with Gasteiger partial charge in [0.2, 0.25) is 45.5 Å². The van der Waals surface area contributed by atoms with Crippen LogP contribution in [0.5, 0.6) is 0 Å². The Kier molecular flexibility index (Phi) is 18.5. The average Bonchev–Trinajstić information content (AvgIpc) is 4.19. The minimum Gasteiger partial charge on any atom is -0.391 e. The van der Waals surface area contributed by atoms with Crippen LogP contribution in [0.1, 0.15) is 93.3 Å². The molecule has 4 fully saturated rings. The van der Waals surface area contributed by atoms with Crippen LogP contribution in [-0.2, 0) is 51.9 Å². The van der Waals surface area contributed by atoms with Crippen LogP contribution in [0.15, 0.2) is 72.8 Å². The first-order chi connectivity index (χ1) is 34.2. The Morgan fingerprint density at radius 2 is 1.53 bits per heavy atom. The van der Waals surface area contributed by atoms with Gasteiger partial charge in [-0.05, 0) is 70.7 Å². The van der Waals surface area contributed by atoms with Crippen molar-refractivity contribution in [3.8, 4) is 11.1 Å². The lowest BCUT2D eigenvalue weighted by Gasteiger charge is -2.35. The Morgan fingerprint density at radius 3 is 2.22 bits per heavy atom. The average molecular weight is 1050 g/mol. The zero-order valence-electron chi connectivity index (χ0n) is 41.6. The predicted octanol–water partition coefficient (Wildman–Crippen LogP) is 2.85. The van der Waals surface area contributed by atoms with Gasteiger partial charge in [-0.15, -0.1) is 23.5 Å². The SMILES string of the molecule is CC1NCSC1c1ccc(CNC(=O)[C@@H]2C[C@@H](O)CN2C(=O)[C@@H](NC(=O)CCCC(=O)NCc2cccc(-c3cccc(C4CSC(NC(=O)CNC(=O)C5CCN(S(C)(=O)=O)C5)N4)c3)c2)C(C)(C)C)cc1. The molecule has 8 atom stereocenters. The van der Waals surface area contributed by atoms with Gasteiger partial charge in [-0.2, -0.15) is 0 Å². The van der Waals surface area contributed by atoms with Gasteiger partial charge in [0, 0.05) is 80.9 Å². The molecule has 21 heteroatoms. The molecule has 18 nitrogen and oxygen atoms in total. The Balaban J connectivity index is 0.827. The van der Waals surface area contributed by atoms with E-state index in [4.69, 9.17) is 0 Å². The van der Waals surface area contributed by atoms with E-state index in [9.17, 15) is 42.3 Å². The number of hydrogen-bond donors (Lipinski definition) is 8. The topological polar surface area (TPSA) is 247 Å². The number of carbonyl (C=O) groups is 6. The minimum atomic E-state index is -3.37. The summed E-state index contributed by atoms with van der Waals surface area (Å²) < 4.78 is 24.9. The number of benzene rings is 3. The molecular weight excluding hydrogens is 979 g/mol. The highest BCUT2D eigenvalue weighted by molar-refractivity contribution is 8.00. The summed E-state index contributed by atoms with van der Waals surface area (Å²) in [6, 6.07) is 22.5. The van der Waals surface area contributed by atoms with Crippen molar-refractivity contribution in [2.24, 2.45) is 11.3 Å². The van der Waals surface area contributed by atoms with E-state index >= 15 is 0 Å². The number of sulfonamides is 1. The fraction of sp³-hybridized carbons (Fsp3) is 0.529. The highest BCUT2D eigenvalue weighted by Gasteiger charge is 2.44. The predicted molar refractivity (Wildman–Crippen MR) is 279 cm³/mol. The number of amides is 6. The van der Waals surface area contributed by atoms with Gasteiger partial charge in [0.1, 0.15) is 17.6 Å². The van der Waals surface area contributed by atoms with Gasteiger partial charge in [-0.3, -0.25) is 34.1 Å². The second-order valence-corrected chi connectivity index (χ2v) is 24.5. The molecule has 3 aromatic carbocycles. The third-order valence-corrected chi connectivity index (χ3v) is 17.3. The van der Waals surface area contributed by atoms with Gasteiger partial charge in [-0.1, -0.05) is 81.4 Å². The Hall–Kier alpha value is -5.03. The molecular formula is C51H69N9O9S3. The van der Waals surface area contributed by atoms with Crippen LogP contribution < -0.4 is 37.2 Å². The molecule has 390 valence electrons. The van der Waals surface area contributed by atoms with E-state index in [2.05, 4.69) is 62.3 Å². The zero-order valence-corrected chi connectivity index (χ0v) is 44.0. The number of aliphatic hydroxyl groups excluding tert-OH is 1. The number of likely N-dealkylation sites (tertiary alicyclic amines) is 1. The summed E-state index contributed by atoms with van der Waals surface area (Å²) in [6.45, 7) is 8.36. The molecule has 7 rings (SSSR count). The summed E-state index contributed by atoms with van der Waals surface area (Å²) in [5, 5.41) is 32.2. The molecule has 0 aliphatic carbocycles. The van der Waals surface area contributed by atoms with Crippen LogP contribution in [0.3, 0.4) is 0 Å². The van der Waals surface area contributed by atoms with Crippen LogP contribution >= 0.6 is 23.5 Å². The van der Waals surface area contributed by atoms with Crippen molar-refractivity contribution >= 4 is 69.0 Å². The molecule has 6 amide bonds. The number of carbonyl (C=O) groups excluding carboxylic acids is 6. The number of β-amino-alcohol motifs (C(OH)–C–C–N with tert-alkyl or cyclic N) is 1. The lowest BCUT2D eigenvalue weighted by atomic mass is 9.85. The van der Waals surface area contributed by atoms with Crippen molar-refractivity contribution in [2.75, 3.05) is 44.1 Å². The highest BCUT2D eigenvalue weighted by atomic mass is 32.2. The maximum Gasteiger partial charge on any atom is 0.246 e. The molecule has 8 N–H and O–H groups in total. The van der Waals surface area contributed by atoms with Crippen molar-refractivity contribution in [2.45, 2.75) is 114 Å². The molecule has 4 aliphatic heterocycles. The summed E-state index contributed by atoms with van der Waals surface area (Å²) in [5.74, 6) is -1.01. The van der Waals surface area contributed by atoms with Gasteiger partial charge in [0.15, 0.2) is 0 Å². The second-order valence-electron chi connectivity index (χ2n) is 20.2. The number of hydrogen-bond acceptors (Lipinski definition) is 13. The smallest absolute Gasteiger partial charge is 0.246 e. The number of nitrogens with zero attached hydrogens (tertiary/aromatic N) is 2. The van der Waals surface area contributed by atoms with Crippen LogP contribution in [0, 0.1) is 11.3 Å². The summed E-state index contributed by atoms with van der Waals surface area (Å²) in [5.41, 5.74) is 4.91. The van der Waals surface area contributed by atoms with Crippen LogP contribution in [0.25, 0.3) is 11.1 Å². The Bertz CT molecular complexity index is 2560. The molecule has 0 saturated carbocycles. The van der Waals surface area contributed by atoms with Gasteiger partial charge in [0.25, 0.3) is 0 Å². The van der Waals surface area contributed by atoms with E-state index in [0.717, 1.165) is 39.9 Å². The van der Waals surface area contributed by atoms with E-state index in [1.165, 1.54) is 14.8 Å². The van der Waals surface area contributed by atoms with E-state index in [-0.39, 0.29) is 100 Å². The monoisotopic (exact) mass is 1050 g/mol. The van der Waals surface area contributed by atoms with E-state index in [1.807, 2.05) is 87.1 Å². The quantitative estimate of drug-likeness (QED) is 0.0863. The summed E-state index contributed by atoms with van der Waals surface area (Å²) in [6.07, 6.45) is 1.09. The third kappa shape index (κ3) is 14.8. The molecule has 4 heterocycles. The maximum absolute atomic E-state index is 14.1. The standard InChI is InChI=1S/C51H69N9O9S3/c1-31-45(71-30-55-31)34-17-15-32(16-18-34)24-53-48(66)41-23-39(61)28-60(41)49(67)46(51(2,3)4)57-43(63)14-8-13-42(62)52-25-33-9-6-10-35(21-33)36-11-7-12-37(22-36)40-29-70-50(56-40)58-44(64)26-54-47(65)38-19-20-59(27-38)72(5,68)69/h6-7,9-12,15-18,21-22,31,38-41,45-46,50,55-56,61H,8,13-14,19-20,23-30H2,1-5H3,(H,52,62)(H,53,66)(H,54,65)(H,57,63)(H,58,64)/t31?,38?,39-,40?,41+,45?,46-,50?/m1/s1. The van der Waals surface area contributed by atoms with Crippen LogP contribution in [0.2, 0.25) is 0 Å². The minimum absolute atomic E-state index is 0.00882. The van der Waals surface area contributed by atoms with Gasteiger partial charge in [0.05, 0.1) is 24.8 Å². The molecule has 0 bridgehead atoms. The highest BCUT2D eigenvalue weighted by Crippen LogP contribution is 2.36. The summed E-state index contributed by atoms with van der Waals surface area (Å²) in [4.78, 5) is 80.5. The molecule has 0 aromatic heterocycles. The molecule has 4 aliphatic rings. The van der Waals surface area contributed by atoms with Crippen molar-refractivity contribution < 1.29 is 42.3 Å². The Morgan fingerprint density at radius 1 is 0.819 bits per heavy atom. The molecule has 0 radical (unpaired) electrons. The molecule has 3 aromatic rings. The number of aliphatic hydroxyl groups is 1. The first-order valence-corrected chi connectivity index (χ1v) is 28.5. The maximum atomic E-state index is 14.1. The van der Waals surface area contributed by atoms with E-state index in [1.54, 1.807) is 11.8 Å². The molecule has 5 unspecified atom stereocenters. The number of rotatable bonds is 19. The van der Waals surface area contributed by atoms with E-state index in [0.29, 0.717) is 23.5 Å². The fourth-order valence-electron chi connectivity index (χ4n) is 9.39. The number of thioether (sulfide) groups is 2. The molecule has 72 heavy (non-hydrogen) atoms. The van der Waals surface area contributed by atoms with Crippen LogP contribution in [0.4, 0.5) is 0 Å². The van der Waals surface area contributed by atoms with Gasteiger partial charge < -0.3 is 41.9 Å². The first-order valence-electron chi connectivity index (χ1n) is 24.6. The second kappa shape index (κ2) is 24.3. The van der Waals surface area contributed by atoms with Crippen molar-refractivity contribution in [1.82, 2.24) is 46.4 Å². The lowest BCUT2D eigenvalue weighted by Crippen LogP contribution is -2.57. The van der Waals surface area contributed by atoms with Gasteiger partial charge in [-0.25, -0.2) is 12.7 Å². The number of nitrogens with one attached hydrogen (secondary N) is 7.